The number of ether oxygens (including phenoxy) is 1. The van der Waals surface area contributed by atoms with E-state index in [-0.39, 0.29) is 6.09 Å². The molecule has 1 saturated heterocycles. The smallest absolute Gasteiger partial charge is 0.410 e. The molecule has 1 aromatic heterocycles. The molecule has 0 N–H and O–H groups in total. The highest BCUT2D eigenvalue weighted by Crippen LogP contribution is 2.25. The summed E-state index contributed by atoms with van der Waals surface area (Å²) < 4.78 is 5.28. The SMILES string of the molecule is O=C(OCc1ccccc1)N1CC(c2ccccn2)C1. The lowest BCUT2D eigenvalue weighted by Gasteiger charge is -2.37. The van der Waals surface area contributed by atoms with Crippen LogP contribution >= 0.6 is 0 Å². The van der Waals surface area contributed by atoms with E-state index in [4.69, 9.17) is 4.74 Å². The van der Waals surface area contributed by atoms with Gasteiger partial charge in [-0.2, -0.15) is 0 Å². The van der Waals surface area contributed by atoms with Crippen LogP contribution in [0.15, 0.2) is 54.7 Å². The fourth-order valence-electron chi connectivity index (χ4n) is 2.24. The summed E-state index contributed by atoms with van der Waals surface area (Å²) in [6, 6.07) is 15.6. The van der Waals surface area contributed by atoms with E-state index in [2.05, 4.69) is 4.98 Å². The highest BCUT2D eigenvalue weighted by atomic mass is 16.6. The molecule has 1 fully saturated rings. The third kappa shape index (κ3) is 2.79. The molecule has 1 aromatic carbocycles. The first-order chi connectivity index (χ1) is 9.83. The molecule has 102 valence electrons. The molecule has 1 amide bonds. The second-order valence-corrected chi connectivity index (χ2v) is 4.90. The second kappa shape index (κ2) is 5.74. The minimum absolute atomic E-state index is 0.249. The molecule has 3 rings (SSSR count). The third-order valence-corrected chi connectivity index (χ3v) is 3.45. The number of benzene rings is 1. The van der Waals surface area contributed by atoms with Gasteiger partial charge in [0.1, 0.15) is 6.61 Å². The number of carbonyl (C=O) groups excluding carboxylic acids is 1. The zero-order valence-electron chi connectivity index (χ0n) is 11.1. The maximum atomic E-state index is 11.9. The summed E-state index contributed by atoms with van der Waals surface area (Å²) in [6.45, 7) is 1.69. The molecule has 0 spiro atoms. The van der Waals surface area contributed by atoms with Crippen LogP contribution in [0.4, 0.5) is 4.79 Å². The Morgan fingerprint density at radius 1 is 1.15 bits per heavy atom. The molecule has 0 aliphatic carbocycles. The molecular formula is C16H16N2O2. The Morgan fingerprint density at radius 2 is 1.90 bits per heavy atom. The van der Waals surface area contributed by atoms with Gasteiger partial charge in [-0.05, 0) is 17.7 Å². The molecule has 0 atom stereocenters. The van der Waals surface area contributed by atoms with Crippen molar-refractivity contribution in [3.8, 4) is 0 Å². The van der Waals surface area contributed by atoms with E-state index in [1.807, 2.05) is 48.5 Å². The standard InChI is InChI=1S/C16H16N2O2/c19-16(20-12-13-6-2-1-3-7-13)18-10-14(11-18)15-8-4-5-9-17-15/h1-9,14H,10-12H2. The van der Waals surface area contributed by atoms with Gasteiger partial charge in [-0.15, -0.1) is 0 Å². The highest BCUT2D eigenvalue weighted by molar-refractivity contribution is 5.69. The van der Waals surface area contributed by atoms with Crippen LogP contribution in [0.25, 0.3) is 0 Å². The summed E-state index contributed by atoms with van der Waals surface area (Å²) in [7, 11) is 0. The molecule has 1 aliphatic heterocycles. The van der Waals surface area contributed by atoms with Crippen molar-refractivity contribution in [3.05, 3.63) is 66.0 Å². The molecule has 4 nitrogen and oxygen atoms in total. The van der Waals surface area contributed by atoms with Crippen LogP contribution in [0.2, 0.25) is 0 Å². The van der Waals surface area contributed by atoms with Crippen molar-refractivity contribution in [3.63, 3.8) is 0 Å². The molecule has 0 unspecified atom stereocenters. The zero-order chi connectivity index (χ0) is 13.8. The number of hydrogen-bond donors (Lipinski definition) is 0. The summed E-state index contributed by atoms with van der Waals surface area (Å²) in [4.78, 5) is 17.9. The largest absolute Gasteiger partial charge is 0.445 e. The number of hydrogen-bond acceptors (Lipinski definition) is 3. The predicted molar refractivity (Wildman–Crippen MR) is 75.2 cm³/mol. The van der Waals surface area contributed by atoms with Crippen molar-refractivity contribution in [1.29, 1.82) is 0 Å². The maximum Gasteiger partial charge on any atom is 0.410 e. The van der Waals surface area contributed by atoms with Gasteiger partial charge in [0.2, 0.25) is 0 Å². The van der Waals surface area contributed by atoms with Gasteiger partial charge >= 0.3 is 6.09 Å². The van der Waals surface area contributed by atoms with Crippen molar-refractivity contribution in [1.82, 2.24) is 9.88 Å². The van der Waals surface area contributed by atoms with Gasteiger partial charge in [-0.3, -0.25) is 4.98 Å². The molecule has 0 bridgehead atoms. The van der Waals surface area contributed by atoms with Crippen LogP contribution in [-0.4, -0.2) is 29.1 Å². The minimum Gasteiger partial charge on any atom is -0.445 e. The zero-order valence-corrected chi connectivity index (χ0v) is 11.1. The van der Waals surface area contributed by atoms with E-state index in [0.717, 1.165) is 11.3 Å². The minimum atomic E-state index is -0.249. The van der Waals surface area contributed by atoms with Crippen LogP contribution in [-0.2, 0) is 11.3 Å². The number of aromatic nitrogens is 1. The van der Waals surface area contributed by atoms with Crippen LogP contribution in [0.1, 0.15) is 17.2 Å². The first-order valence-electron chi connectivity index (χ1n) is 6.69. The van der Waals surface area contributed by atoms with Gasteiger partial charge in [-0.1, -0.05) is 36.4 Å². The van der Waals surface area contributed by atoms with Crippen LogP contribution in [0, 0.1) is 0 Å². The van der Waals surface area contributed by atoms with E-state index >= 15 is 0 Å². The fraction of sp³-hybridized carbons (Fsp3) is 0.250. The monoisotopic (exact) mass is 268 g/mol. The summed E-state index contributed by atoms with van der Waals surface area (Å²) in [5, 5.41) is 0. The summed E-state index contributed by atoms with van der Waals surface area (Å²) in [5.41, 5.74) is 2.04. The van der Waals surface area contributed by atoms with Crippen molar-refractivity contribution < 1.29 is 9.53 Å². The predicted octanol–water partition coefficient (Wildman–Crippen LogP) is 2.82. The molecule has 0 saturated carbocycles. The number of amides is 1. The van der Waals surface area contributed by atoms with Crippen molar-refractivity contribution >= 4 is 6.09 Å². The number of carbonyl (C=O) groups is 1. The van der Waals surface area contributed by atoms with Crippen LogP contribution in [0.5, 0.6) is 0 Å². The van der Waals surface area contributed by atoms with E-state index in [9.17, 15) is 4.79 Å². The Hall–Kier alpha value is -2.36. The lowest BCUT2D eigenvalue weighted by atomic mass is 9.96. The van der Waals surface area contributed by atoms with Gasteiger partial charge in [0, 0.05) is 30.9 Å². The summed E-state index contributed by atoms with van der Waals surface area (Å²) in [6.07, 6.45) is 1.53. The lowest BCUT2D eigenvalue weighted by molar-refractivity contribution is 0.0657. The maximum absolute atomic E-state index is 11.9. The van der Waals surface area contributed by atoms with E-state index in [1.54, 1.807) is 11.1 Å². The summed E-state index contributed by atoms with van der Waals surface area (Å²) >= 11 is 0. The highest BCUT2D eigenvalue weighted by Gasteiger charge is 2.33. The topological polar surface area (TPSA) is 42.4 Å². The first kappa shape index (κ1) is 12.7. The Labute approximate surface area is 118 Å². The average molecular weight is 268 g/mol. The first-order valence-corrected chi connectivity index (χ1v) is 6.69. The van der Waals surface area contributed by atoms with Gasteiger partial charge in [0.15, 0.2) is 0 Å². The van der Waals surface area contributed by atoms with Crippen molar-refractivity contribution in [2.24, 2.45) is 0 Å². The van der Waals surface area contributed by atoms with Crippen molar-refractivity contribution in [2.45, 2.75) is 12.5 Å². The normalized spacial score (nSPS) is 14.7. The van der Waals surface area contributed by atoms with Crippen molar-refractivity contribution in [2.75, 3.05) is 13.1 Å². The lowest BCUT2D eigenvalue weighted by Crippen LogP contribution is -2.48. The number of nitrogens with zero attached hydrogens (tertiary/aromatic N) is 2. The van der Waals surface area contributed by atoms with Gasteiger partial charge < -0.3 is 9.64 Å². The van der Waals surface area contributed by atoms with Gasteiger partial charge in [0.05, 0.1) is 0 Å². The fourth-order valence-corrected chi connectivity index (χ4v) is 2.24. The average Bonchev–Trinajstić information content (AvgIpc) is 2.46. The number of rotatable bonds is 3. The van der Waals surface area contributed by atoms with E-state index < -0.39 is 0 Å². The number of pyridine rings is 1. The van der Waals surface area contributed by atoms with E-state index in [1.165, 1.54) is 0 Å². The second-order valence-electron chi connectivity index (χ2n) is 4.90. The quantitative estimate of drug-likeness (QED) is 0.859. The Bertz CT molecular complexity index is 566. The van der Waals surface area contributed by atoms with Gasteiger partial charge in [-0.25, -0.2) is 4.79 Å². The molecule has 20 heavy (non-hydrogen) atoms. The number of likely N-dealkylation sites (tertiary alicyclic amines) is 1. The van der Waals surface area contributed by atoms with Crippen LogP contribution < -0.4 is 0 Å². The summed E-state index contributed by atoms with van der Waals surface area (Å²) in [5.74, 6) is 0.334. The Kier molecular flexibility index (Phi) is 3.63. The molecule has 2 heterocycles. The van der Waals surface area contributed by atoms with E-state index in [0.29, 0.717) is 25.6 Å². The molecule has 1 aliphatic rings. The third-order valence-electron chi connectivity index (χ3n) is 3.45. The molecular weight excluding hydrogens is 252 g/mol. The molecule has 4 heteroatoms. The molecule has 0 radical (unpaired) electrons. The van der Waals surface area contributed by atoms with Gasteiger partial charge in [0.25, 0.3) is 0 Å². The molecule has 2 aromatic rings. The Morgan fingerprint density at radius 3 is 2.60 bits per heavy atom. The van der Waals surface area contributed by atoms with Crippen LogP contribution in [0.3, 0.4) is 0 Å². The Balaban J connectivity index is 1.47.